The Bertz CT molecular complexity index is 773. The molecule has 2 unspecified atom stereocenters. The number of nitrogens with zero attached hydrogens (tertiary/aromatic N) is 1. The average molecular weight is 433 g/mol. The minimum Gasteiger partial charge on any atom is -0.490 e. The Morgan fingerprint density at radius 3 is 2.81 bits per heavy atom. The highest BCUT2D eigenvalue weighted by molar-refractivity contribution is 5.88. The number of esters is 1. The van der Waals surface area contributed by atoms with E-state index in [2.05, 4.69) is 11.4 Å². The van der Waals surface area contributed by atoms with Crippen molar-refractivity contribution in [3.8, 4) is 5.75 Å². The van der Waals surface area contributed by atoms with Crippen molar-refractivity contribution in [2.45, 2.75) is 76.6 Å². The molecule has 1 saturated heterocycles. The number of benzene rings is 1. The highest BCUT2D eigenvalue weighted by Crippen LogP contribution is 2.30. The predicted molar refractivity (Wildman–Crippen MR) is 114 cm³/mol. The molecule has 31 heavy (non-hydrogen) atoms. The number of fused-ring (bicyclic) bond motifs is 1. The third-order valence-corrected chi connectivity index (χ3v) is 5.95. The predicted octanol–water partition coefficient (Wildman–Crippen LogP) is 2.15. The number of carbonyl (C=O) groups is 3. The summed E-state index contributed by atoms with van der Waals surface area (Å²) in [6, 6.07) is 5.88. The number of carbonyl (C=O) groups excluding carboxylic acids is 2. The van der Waals surface area contributed by atoms with E-state index in [1.165, 1.54) is 10.5 Å². The highest BCUT2D eigenvalue weighted by atomic mass is 16.5. The Labute approximate surface area is 182 Å². The largest absolute Gasteiger partial charge is 0.490 e. The number of hydrogen-bond acceptors (Lipinski definition) is 6. The van der Waals surface area contributed by atoms with Crippen molar-refractivity contribution in [2.75, 3.05) is 13.2 Å². The zero-order valence-corrected chi connectivity index (χ0v) is 18.2. The molecule has 0 saturated carbocycles. The third-order valence-electron chi connectivity index (χ3n) is 5.95. The standard InChI is InChI=1S/C23H32N2O6/c1-3-30-23(29)18(10-6-9-17-14-16-8-4-5-12-20(16)31-17)24-15(2)21(26)25-13-7-11-19(25)22(27)28/h4-5,8,12,15,17-19,24H,3,6-7,9-11,13-14H2,1-2H3,(H,27,28)/t15-,17?,18?,19-/m0/s1. The van der Waals surface area contributed by atoms with E-state index in [1.54, 1.807) is 13.8 Å². The van der Waals surface area contributed by atoms with Crippen molar-refractivity contribution in [3.63, 3.8) is 0 Å². The van der Waals surface area contributed by atoms with Crippen molar-refractivity contribution in [1.29, 1.82) is 0 Å². The Hall–Kier alpha value is -2.61. The summed E-state index contributed by atoms with van der Waals surface area (Å²) in [5.74, 6) is -0.759. The van der Waals surface area contributed by atoms with E-state index in [-0.39, 0.29) is 18.6 Å². The second-order valence-electron chi connectivity index (χ2n) is 8.20. The van der Waals surface area contributed by atoms with Gasteiger partial charge in [-0.3, -0.25) is 14.9 Å². The molecule has 2 aliphatic rings. The topological polar surface area (TPSA) is 105 Å². The summed E-state index contributed by atoms with van der Waals surface area (Å²) in [5, 5.41) is 12.4. The van der Waals surface area contributed by atoms with Crippen LogP contribution in [-0.2, 0) is 25.5 Å². The van der Waals surface area contributed by atoms with Gasteiger partial charge in [-0.05, 0) is 57.6 Å². The van der Waals surface area contributed by atoms with Gasteiger partial charge in [0, 0.05) is 13.0 Å². The second kappa shape index (κ2) is 10.6. The molecule has 1 aromatic rings. The first kappa shape index (κ1) is 23.1. The lowest BCUT2D eigenvalue weighted by molar-refractivity contribution is -0.150. The monoisotopic (exact) mass is 432 g/mol. The van der Waals surface area contributed by atoms with Crippen LogP contribution in [0.5, 0.6) is 5.75 Å². The maximum absolute atomic E-state index is 12.8. The molecular formula is C23H32N2O6. The molecule has 0 bridgehead atoms. The second-order valence-corrected chi connectivity index (χ2v) is 8.20. The van der Waals surface area contributed by atoms with Crippen LogP contribution in [0.1, 0.15) is 51.5 Å². The van der Waals surface area contributed by atoms with Gasteiger partial charge in [0.2, 0.25) is 5.91 Å². The minimum absolute atomic E-state index is 0.0835. The fourth-order valence-corrected chi connectivity index (χ4v) is 4.39. The molecule has 1 amide bonds. The van der Waals surface area contributed by atoms with Gasteiger partial charge in [-0.2, -0.15) is 0 Å². The van der Waals surface area contributed by atoms with E-state index in [0.29, 0.717) is 25.8 Å². The fraction of sp³-hybridized carbons (Fsp3) is 0.609. The Kier molecular flexibility index (Phi) is 7.90. The van der Waals surface area contributed by atoms with E-state index < -0.39 is 30.1 Å². The lowest BCUT2D eigenvalue weighted by atomic mass is 10.0. The number of hydrogen-bond donors (Lipinski definition) is 2. The van der Waals surface area contributed by atoms with E-state index in [4.69, 9.17) is 9.47 Å². The first-order chi connectivity index (χ1) is 14.9. The van der Waals surface area contributed by atoms with Crippen LogP contribution >= 0.6 is 0 Å². The zero-order valence-electron chi connectivity index (χ0n) is 18.2. The van der Waals surface area contributed by atoms with E-state index in [9.17, 15) is 19.5 Å². The zero-order chi connectivity index (χ0) is 22.4. The molecule has 3 rings (SSSR count). The van der Waals surface area contributed by atoms with Gasteiger partial charge in [-0.1, -0.05) is 18.2 Å². The summed E-state index contributed by atoms with van der Waals surface area (Å²) in [5.41, 5.74) is 1.20. The number of para-hydroxylation sites is 1. The van der Waals surface area contributed by atoms with Crippen molar-refractivity contribution < 1.29 is 29.0 Å². The fourth-order valence-electron chi connectivity index (χ4n) is 4.39. The van der Waals surface area contributed by atoms with E-state index in [0.717, 1.165) is 25.0 Å². The Balaban J connectivity index is 1.53. The third kappa shape index (κ3) is 5.76. The van der Waals surface area contributed by atoms with Crippen LogP contribution in [0, 0.1) is 0 Å². The summed E-state index contributed by atoms with van der Waals surface area (Å²) in [6.45, 7) is 4.09. The summed E-state index contributed by atoms with van der Waals surface area (Å²) in [4.78, 5) is 38.1. The number of aliphatic carboxylic acids is 1. The molecule has 2 heterocycles. The first-order valence-corrected chi connectivity index (χ1v) is 11.1. The van der Waals surface area contributed by atoms with Crippen molar-refractivity contribution in [3.05, 3.63) is 29.8 Å². The number of nitrogens with one attached hydrogen (secondary N) is 1. The van der Waals surface area contributed by atoms with Gasteiger partial charge >= 0.3 is 11.9 Å². The smallest absolute Gasteiger partial charge is 0.326 e. The number of ether oxygens (including phenoxy) is 2. The Morgan fingerprint density at radius 2 is 2.10 bits per heavy atom. The summed E-state index contributed by atoms with van der Waals surface area (Å²) >= 11 is 0. The first-order valence-electron chi connectivity index (χ1n) is 11.1. The van der Waals surface area contributed by atoms with Gasteiger partial charge in [0.05, 0.1) is 12.6 Å². The van der Waals surface area contributed by atoms with E-state index in [1.807, 2.05) is 18.2 Å². The number of carboxylic acid groups (broad SMARTS) is 1. The van der Waals surface area contributed by atoms with E-state index >= 15 is 0 Å². The van der Waals surface area contributed by atoms with Gasteiger partial charge in [0.25, 0.3) is 0 Å². The van der Waals surface area contributed by atoms with Gasteiger partial charge < -0.3 is 19.5 Å². The van der Waals surface area contributed by atoms with Gasteiger partial charge in [0.15, 0.2) is 0 Å². The molecule has 1 aromatic carbocycles. The van der Waals surface area contributed by atoms with Crippen molar-refractivity contribution >= 4 is 17.8 Å². The maximum atomic E-state index is 12.8. The number of carboxylic acids is 1. The van der Waals surface area contributed by atoms with Gasteiger partial charge in [0.1, 0.15) is 23.9 Å². The molecule has 0 aliphatic carbocycles. The molecule has 2 aliphatic heterocycles. The molecule has 8 heteroatoms. The number of rotatable bonds is 10. The quantitative estimate of drug-likeness (QED) is 0.546. The molecule has 4 atom stereocenters. The molecule has 8 nitrogen and oxygen atoms in total. The van der Waals surface area contributed by atoms with Crippen LogP contribution in [0.4, 0.5) is 0 Å². The molecule has 170 valence electrons. The van der Waals surface area contributed by atoms with Crippen LogP contribution in [0.25, 0.3) is 0 Å². The molecule has 0 aromatic heterocycles. The van der Waals surface area contributed by atoms with Crippen LogP contribution in [0.15, 0.2) is 24.3 Å². The molecule has 1 fully saturated rings. The Morgan fingerprint density at radius 1 is 1.32 bits per heavy atom. The maximum Gasteiger partial charge on any atom is 0.326 e. The molecule has 0 radical (unpaired) electrons. The average Bonchev–Trinajstić information content (AvgIpc) is 3.39. The molecule has 2 N–H and O–H groups in total. The van der Waals surface area contributed by atoms with Crippen LogP contribution < -0.4 is 10.1 Å². The highest BCUT2D eigenvalue weighted by Gasteiger charge is 2.37. The summed E-state index contributed by atoms with van der Waals surface area (Å²) < 4.78 is 11.2. The van der Waals surface area contributed by atoms with Crippen LogP contribution in [0.2, 0.25) is 0 Å². The van der Waals surface area contributed by atoms with Gasteiger partial charge in [-0.25, -0.2) is 4.79 Å². The lowest BCUT2D eigenvalue weighted by Gasteiger charge is -2.28. The summed E-state index contributed by atoms with van der Waals surface area (Å²) in [6.07, 6.45) is 4.10. The number of amides is 1. The minimum atomic E-state index is -0.988. The normalized spacial score (nSPS) is 21.8. The SMILES string of the molecule is CCOC(=O)C(CCCC1Cc2ccccc2O1)N[C@@H](C)C(=O)N1CCC[C@H]1C(=O)O. The van der Waals surface area contributed by atoms with Crippen molar-refractivity contribution in [1.82, 2.24) is 10.2 Å². The van der Waals surface area contributed by atoms with Crippen LogP contribution in [0.3, 0.4) is 0 Å². The van der Waals surface area contributed by atoms with Gasteiger partial charge in [-0.15, -0.1) is 0 Å². The lowest BCUT2D eigenvalue weighted by Crippen LogP contribution is -2.53. The number of likely N-dealkylation sites (tertiary alicyclic amines) is 1. The summed E-state index contributed by atoms with van der Waals surface area (Å²) in [7, 11) is 0. The van der Waals surface area contributed by atoms with Crippen LogP contribution in [-0.4, -0.2) is 65.2 Å². The van der Waals surface area contributed by atoms with Crippen molar-refractivity contribution in [2.24, 2.45) is 0 Å². The molecular weight excluding hydrogens is 400 g/mol. The molecule has 0 spiro atoms.